The normalized spacial score (nSPS) is 15.2. The van der Waals surface area contributed by atoms with Crippen LogP contribution in [0.2, 0.25) is 0 Å². The highest BCUT2D eigenvalue weighted by atomic mass is 32.2. The number of hydrogen-bond donors (Lipinski definition) is 1. The molecule has 0 bridgehead atoms. The molecule has 2 aromatic carbocycles. The lowest BCUT2D eigenvalue weighted by molar-refractivity contribution is -0.137. The molecule has 33 heavy (non-hydrogen) atoms. The summed E-state index contributed by atoms with van der Waals surface area (Å²) in [5, 5.41) is 0.834. The second kappa shape index (κ2) is 9.11. The number of esters is 1. The molecule has 1 heterocycles. The summed E-state index contributed by atoms with van der Waals surface area (Å²) in [7, 11) is -3.93. The molecule has 1 aliphatic rings. The number of hydrogen-bond acceptors (Lipinski definition) is 6. The highest BCUT2D eigenvalue weighted by molar-refractivity contribution is 7.89. The number of rotatable bonds is 7. The van der Waals surface area contributed by atoms with Crippen LogP contribution in [0.3, 0.4) is 0 Å². The molecule has 174 valence electrons. The molecule has 0 saturated heterocycles. The number of carbonyl (C=O) groups is 1. The summed E-state index contributed by atoms with van der Waals surface area (Å²) in [6.45, 7) is 5.52. The second-order valence-electron chi connectivity index (χ2n) is 8.58. The molecule has 0 radical (unpaired) electrons. The van der Waals surface area contributed by atoms with Gasteiger partial charge in [0.05, 0.1) is 4.90 Å². The van der Waals surface area contributed by atoms with E-state index in [0.717, 1.165) is 34.9 Å². The SMILES string of the molecule is CC[C@H](C)[C@H](NS(=O)(=O)c1ccc(C)cc1)C(=O)Oc1ccc2c3c(c(=O)oc2c1)CCC3. The Balaban J connectivity index is 1.60. The van der Waals surface area contributed by atoms with Crippen molar-refractivity contribution in [2.24, 2.45) is 5.92 Å². The number of fused-ring (bicyclic) bond motifs is 3. The topological polar surface area (TPSA) is 103 Å². The summed E-state index contributed by atoms with van der Waals surface area (Å²) in [6.07, 6.45) is 3.00. The van der Waals surface area contributed by atoms with Crippen LogP contribution in [0.25, 0.3) is 11.0 Å². The monoisotopic (exact) mass is 469 g/mol. The zero-order valence-corrected chi connectivity index (χ0v) is 19.7. The average Bonchev–Trinajstić information content (AvgIpc) is 3.28. The molecule has 4 rings (SSSR count). The first-order valence-electron chi connectivity index (χ1n) is 11.1. The van der Waals surface area contributed by atoms with Gasteiger partial charge in [-0.25, -0.2) is 18.0 Å². The molecule has 7 nitrogen and oxygen atoms in total. The quantitative estimate of drug-likeness (QED) is 0.320. The Labute approximate surface area is 192 Å². The molecule has 0 saturated carbocycles. The zero-order valence-electron chi connectivity index (χ0n) is 18.9. The second-order valence-corrected chi connectivity index (χ2v) is 10.3. The van der Waals surface area contributed by atoms with Crippen molar-refractivity contribution in [2.45, 2.75) is 57.4 Å². The van der Waals surface area contributed by atoms with Gasteiger partial charge in [0, 0.05) is 17.0 Å². The maximum Gasteiger partial charge on any atom is 0.339 e. The minimum absolute atomic E-state index is 0.0792. The van der Waals surface area contributed by atoms with E-state index in [9.17, 15) is 18.0 Å². The van der Waals surface area contributed by atoms with Crippen LogP contribution in [0.4, 0.5) is 0 Å². The maximum absolute atomic E-state index is 13.0. The molecule has 0 amide bonds. The number of benzene rings is 2. The van der Waals surface area contributed by atoms with Gasteiger partial charge >= 0.3 is 11.6 Å². The van der Waals surface area contributed by atoms with Crippen LogP contribution in [0.1, 0.15) is 43.4 Å². The van der Waals surface area contributed by atoms with E-state index in [0.29, 0.717) is 18.4 Å². The Bertz CT molecular complexity index is 1360. The van der Waals surface area contributed by atoms with Crippen molar-refractivity contribution < 1.29 is 22.4 Å². The third-order valence-corrected chi connectivity index (χ3v) is 7.70. The molecule has 1 aliphatic carbocycles. The van der Waals surface area contributed by atoms with E-state index >= 15 is 0 Å². The van der Waals surface area contributed by atoms with Crippen LogP contribution in [-0.2, 0) is 27.7 Å². The van der Waals surface area contributed by atoms with Crippen LogP contribution >= 0.6 is 0 Å². The van der Waals surface area contributed by atoms with E-state index < -0.39 is 22.0 Å². The molecule has 2 atom stereocenters. The summed E-state index contributed by atoms with van der Waals surface area (Å²) in [6, 6.07) is 10.2. The minimum atomic E-state index is -3.93. The Morgan fingerprint density at radius 3 is 2.52 bits per heavy atom. The Kier molecular flexibility index (Phi) is 6.41. The number of nitrogens with one attached hydrogen (secondary N) is 1. The van der Waals surface area contributed by atoms with E-state index in [-0.39, 0.29) is 22.2 Å². The largest absolute Gasteiger partial charge is 0.425 e. The van der Waals surface area contributed by atoms with Crippen molar-refractivity contribution in [3.05, 3.63) is 69.6 Å². The van der Waals surface area contributed by atoms with Gasteiger partial charge in [0.1, 0.15) is 17.4 Å². The summed E-state index contributed by atoms with van der Waals surface area (Å²) < 4.78 is 39.3. The number of sulfonamides is 1. The third kappa shape index (κ3) is 4.72. The van der Waals surface area contributed by atoms with Gasteiger partial charge in [-0.15, -0.1) is 0 Å². The summed E-state index contributed by atoms with van der Waals surface area (Å²) in [4.78, 5) is 25.4. The fourth-order valence-corrected chi connectivity index (χ4v) is 5.39. The van der Waals surface area contributed by atoms with Gasteiger partial charge in [-0.05, 0) is 61.9 Å². The highest BCUT2D eigenvalue weighted by Crippen LogP contribution is 2.30. The summed E-state index contributed by atoms with van der Waals surface area (Å²) >= 11 is 0. The minimum Gasteiger partial charge on any atom is -0.425 e. The number of carbonyl (C=O) groups excluding carboxylic acids is 1. The first kappa shape index (κ1) is 23.2. The van der Waals surface area contributed by atoms with Crippen molar-refractivity contribution in [1.29, 1.82) is 0 Å². The van der Waals surface area contributed by atoms with E-state index in [1.54, 1.807) is 31.2 Å². The Morgan fingerprint density at radius 1 is 1.12 bits per heavy atom. The van der Waals surface area contributed by atoms with E-state index in [4.69, 9.17) is 9.15 Å². The van der Waals surface area contributed by atoms with Gasteiger partial charge in [-0.3, -0.25) is 0 Å². The first-order valence-corrected chi connectivity index (χ1v) is 12.6. The molecule has 0 fully saturated rings. The van der Waals surface area contributed by atoms with Crippen molar-refractivity contribution in [2.75, 3.05) is 0 Å². The van der Waals surface area contributed by atoms with Crippen LogP contribution in [0.15, 0.2) is 56.6 Å². The predicted octanol–water partition coefficient (Wildman–Crippen LogP) is 3.89. The van der Waals surface area contributed by atoms with Gasteiger partial charge in [0.2, 0.25) is 10.0 Å². The molecule has 3 aromatic rings. The smallest absolute Gasteiger partial charge is 0.339 e. The van der Waals surface area contributed by atoms with E-state index in [2.05, 4.69) is 4.72 Å². The van der Waals surface area contributed by atoms with Crippen molar-refractivity contribution in [3.8, 4) is 5.75 Å². The first-order chi connectivity index (χ1) is 15.7. The summed E-state index contributed by atoms with van der Waals surface area (Å²) in [5.41, 5.74) is 2.63. The van der Waals surface area contributed by atoms with E-state index in [1.807, 2.05) is 13.8 Å². The van der Waals surface area contributed by atoms with Crippen LogP contribution in [0, 0.1) is 12.8 Å². The number of aryl methyl sites for hydroxylation is 2. The lowest BCUT2D eigenvalue weighted by atomic mass is 10.0. The van der Waals surface area contributed by atoms with Crippen LogP contribution in [0.5, 0.6) is 5.75 Å². The molecule has 0 spiro atoms. The standard InChI is InChI=1S/C25H27NO6S/c1-4-16(3)23(26-33(29,30)18-11-8-15(2)9-12-18)25(28)31-17-10-13-20-19-6-5-7-21(19)24(27)32-22(20)14-17/h8-14,16,23,26H,4-7H2,1-3H3/t16-,23-/m0/s1. The molecular formula is C25H27NO6S. The van der Waals surface area contributed by atoms with Gasteiger partial charge in [-0.1, -0.05) is 38.0 Å². The molecular weight excluding hydrogens is 442 g/mol. The molecule has 1 aromatic heterocycles. The highest BCUT2D eigenvalue weighted by Gasteiger charge is 2.31. The van der Waals surface area contributed by atoms with Gasteiger partial charge in [-0.2, -0.15) is 4.72 Å². The van der Waals surface area contributed by atoms with Gasteiger partial charge in [0.25, 0.3) is 0 Å². The third-order valence-electron chi connectivity index (χ3n) is 6.24. The van der Waals surface area contributed by atoms with Gasteiger partial charge in [0.15, 0.2) is 0 Å². The maximum atomic E-state index is 13.0. The van der Waals surface area contributed by atoms with Crippen molar-refractivity contribution in [3.63, 3.8) is 0 Å². The number of ether oxygens (including phenoxy) is 1. The molecule has 8 heteroatoms. The van der Waals surface area contributed by atoms with Crippen LogP contribution < -0.4 is 15.1 Å². The van der Waals surface area contributed by atoms with Gasteiger partial charge < -0.3 is 9.15 Å². The molecule has 1 N–H and O–H groups in total. The Morgan fingerprint density at radius 2 is 1.82 bits per heavy atom. The Hall–Kier alpha value is -2.97. The van der Waals surface area contributed by atoms with Crippen molar-refractivity contribution >= 4 is 27.0 Å². The zero-order chi connectivity index (χ0) is 23.8. The van der Waals surface area contributed by atoms with E-state index in [1.165, 1.54) is 18.2 Å². The van der Waals surface area contributed by atoms with Crippen LogP contribution in [-0.4, -0.2) is 20.4 Å². The predicted molar refractivity (Wildman–Crippen MR) is 125 cm³/mol. The van der Waals surface area contributed by atoms with Crippen molar-refractivity contribution in [1.82, 2.24) is 4.72 Å². The molecule has 0 aliphatic heterocycles. The fraction of sp³-hybridized carbons (Fsp3) is 0.360. The molecule has 0 unspecified atom stereocenters. The average molecular weight is 470 g/mol. The lowest BCUT2D eigenvalue weighted by Gasteiger charge is -2.22. The fourth-order valence-electron chi connectivity index (χ4n) is 4.09. The lowest BCUT2D eigenvalue weighted by Crippen LogP contribution is -2.46. The summed E-state index contributed by atoms with van der Waals surface area (Å²) in [5.74, 6) is -0.835.